The second kappa shape index (κ2) is 10.1. The second-order valence-corrected chi connectivity index (χ2v) is 9.94. The molecule has 1 unspecified atom stereocenters. The van der Waals surface area contributed by atoms with E-state index in [1.807, 2.05) is 42.5 Å². The molecule has 1 fully saturated rings. The van der Waals surface area contributed by atoms with Crippen LogP contribution in [0.3, 0.4) is 0 Å². The molecule has 0 aromatic heterocycles. The third kappa shape index (κ3) is 5.85. The summed E-state index contributed by atoms with van der Waals surface area (Å²) in [5, 5.41) is 18.0. The Morgan fingerprint density at radius 1 is 1.10 bits per heavy atom. The Kier molecular flexibility index (Phi) is 7.73. The van der Waals surface area contributed by atoms with Gasteiger partial charge in [-0.15, -0.1) is 0 Å². The van der Waals surface area contributed by atoms with Crippen LogP contribution in [0.15, 0.2) is 48.5 Å². The molecule has 1 saturated heterocycles. The van der Waals surface area contributed by atoms with E-state index in [1.165, 1.54) is 0 Å². The van der Waals surface area contributed by atoms with Gasteiger partial charge in [0.2, 0.25) is 0 Å². The van der Waals surface area contributed by atoms with Crippen LogP contribution in [0.25, 0.3) is 0 Å². The molecular weight excluding hydrogens is 433 g/mol. The first kappa shape index (κ1) is 23.7. The van der Waals surface area contributed by atoms with E-state index in [2.05, 4.69) is 31.4 Å². The predicted molar refractivity (Wildman–Crippen MR) is 129 cm³/mol. The maximum atomic E-state index is 12.1. The van der Waals surface area contributed by atoms with Gasteiger partial charge in [0, 0.05) is 43.3 Å². The number of para-hydroxylation sites is 1. The number of hydrogen-bond donors (Lipinski definition) is 3. The molecule has 0 bridgehead atoms. The maximum Gasteiger partial charge on any atom is 0.407 e. The molecule has 1 aliphatic rings. The van der Waals surface area contributed by atoms with Crippen molar-refractivity contribution in [2.24, 2.45) is 5.41 Å². The van der Waals surface area contributed by atoms with Crippen molar-refractivity contribution >= 4 is 35.0 Å². The van der Waals surface area contributed by atoms with Crippen LogP contribution in [-0.4, -0.2) is 47.8 Å². The van der Waals surface area contributed by atoms with Gasteiger partial charge in [0.1, 0.15) is 0 Å². The van der Waals surface area contributed by atoms with Gasteiger partial charge in [-0.2, -0.15) is 0 Å². The number of carbonyl (C=O) groups is 1. The highest BCUT2D eigenvalue weighted by molar-refractivity contribution is 6.42. The summed E-state index contributed by atoms with van der Waals surface area (Å²) < 4.78 is 0. The van der Waals surface area contributed by atoms with Crippen LogP contribution < -0.4 is 10.6 Å². The number of piperidine rings is 1. The monoisotopic (exact) mass is 463 g/mol. The maximum absolute atomic E-state index is 12.1. The van der Waals surface area contributed by atoms with Gasteiger partial charge in [-0.1, -0.05) is 68.2 Å². The molecule has 0 radical (unpaired) electrons. The molecule has 3 atom stereocenters. The molecule has 3 N–H and O–H groups in total. The Bertz CT molecular complexity index is 886. The third-order valence-corrected chi connectivity index (χ3v) is 6.63. The van der Waals surface area contributed by atoms with Crippen molar-refractivity contribution in [1.29, 1.82) is 0 Å². The number of halogens is 2. The second-order valence-electron chi connectivity index (χ2n) is 9.13. The smallest absolute Gasteiger partial charge is 0.407 e. The highest BCUT2D eigenvalue weighted by Gasteiger charge is 2.46. The lowest BCUT2D eigenvalue weighted by atomic mass is 9.69. The summed E-state index contributed by atoms with van der Waals surface area (Å²) in [6.45, 7) is 8.32. The van der Waals surface area contributed by atoms with Crippen LogP contribution in [0.2, 0.25) is 10.0 Å². The molecule has 0 spiro atoms. The molecule has 5 nitrogen and oxygen atoms in total. The van der Waals surface area contributed by atoms with E-state index in [4.69, 9.17) is 23.2 Å². The number of anilines is 1. The Balaban J connectivity index is 1.83. The van der Waals surface area contributed by atoms with Crippen LogP contribution in [0.5, 0.6) is 0 Å². The van der Waals surface area contributed by atoms with Gasteiger partial charge < -0.3 is 20.6 Å². The van der Waals surface area contributed by atoms with Crippen LogP contribution >= 0.6 is 23.2 Å². The average Bonchev–Trinajstić information content (AvgIpc) is 2.72. The molecule has 0 saturated carbocycles. The van der Waals surface area contributed by atoms with Gasteiger partial charge in [0.05, 0.1) is 10.0 Å². The lowest BCUT2D eigenvalue weighted by Gasteiger charge is -2.50. The zero-order valence-corrected chi connectivity index (χ0v) is 19.7. The summed E-state index contributed by atoms with van der Waals surface area (Å²) in [5.41, 5.74) is 1.84. The van der Waals surface area contributed by atoms with Crippen molar-refractivity contribution in [2.75, 3.05) is 25.0 Å². The normalized spacial score (nSPS) is 21.7. The number of carboxylic acid groups (broad SMARTS) is 1. The molecule has 0 aliphatic carbocycles. The minimum Gasteiger partial charge on any atom is -0.465 e. The molecule has 31 heavy (non-hydrogen) atoms. The van der Waals surface area contributed by atoms with Crippen molar-refractivity contribution < 1.29 is 9.90 Å². The minimum atomic E-state index is -0.880. The molecule has 7 heteroatoms. The fraction of sp³-hybridized carbons (Fsp3) is 0.458. The molecule has 3 rings (SSSR count). The zero-order chi connectivity index (χ0) is 22.6. The van der Waals surface area contributed by atoms with E-state index in [-0.39, 0.29) is 23.4 Å². The first-order valence-corrected chi connectivity index (χ1v) is 11.4. The summed E-state index contributed by atoms with van der Waals surface area (Å²) in [6, 6.07) is 15.7. The van der Waals surface area contributed by atoms with Gasteiger partial charge >= 0.3 is 6.09 Å². The number of rotatable bonds is 6. The van der Waals surface area contributed by atoms with Gasteiger partial charge in [0.15, 0.2) is 0 Å². The average molecular weight is 464 g/mol. The van der Waals surface area contributed by atoms with Crippen molar-refractivity contribution in [2.45, 2.75) is 45.2 Å². The SMILES string of the molecule is CC(C)(C)C1[C@H](c2ccc(Cl)c(Cl)c2)[C@H](NCCNc2ccccc2)CCN1C(=O)O. The fourth-order valence-electron chi connectivity index (χ4n) is 4.62. The van der Waals surface area contributed by atoms with Crippen molar-refractivity contribution in [1.82, 2.24) is 10.2 Å². The van der Waals surface area contributed by atoms with Crippen LogP contribution in [0.4, 0.5) is 10.5 Å². The van der Waals surface area contributed by atoms with E-state index in [1.54, 1.807) is 11.0 Å². The number of amides is 1. The number of hydrogen-bond acceptors (Lipinski definition) is 3. The van der Waals surface area contributed by atoms with Gasteiger partial charge in [-0.25, -0.2) is 4.79 Å². The number of likely N-dealkylation sites (tertiary alicyclic amines) is 1. The third-order valence-electron chi connectivity index (χ3n) is 5.89. The summed E-state index contributed by atoms with van der Waals surface area (Å²) in [5.74, 6) is -0.0451. The number of benzene rings is 2. The lowest BCUT2D eigenvalue weighted by molar-refractivity contribution is 0.0327. The molecule has 168 valence electrons. The lowest BCUT2D eigenvalue weighted by Crippen LogP contribution is -2.60. The topological polar surface area (TPSA) is 64.6 Å². The minimum absolute atomic E-state index is 0.0451. The van der Waals surface area contributed by atoms with E-state index in [0.717, 1.165) is 30.8 Å². The molecule has 1 heterocycles. The van der Waals surface area contributed by atoms with Gasteiger partial charge in [-0.05, 0) is 41.7 Å². The largest absolute Gasteiger partial charge is 0.465 e. The Morgan fingerprint density at radius 3 is 2.42 bits per heavy atom. The summed E-state index contributed by atoms with van der Waals surface area (Å²) in [7, 11) is 0. The van der Waals surface area contributed by atoms with Crippen LogP contribution in [-0.2, 0) is 0 Å². The number of nitrogens with one attached hydrogen (secondary N) is 2. The van der Waals surface area contributed by atoms with E-state index >= 15 is 0 Å². The molecule has 2 aromatic carbocycles. The highest BCUT2D eigenvalue weighted by atomic mass is 35.5. The van der Waals surface area contributed by atoms with Gasteiger partial charge in [-0.3, -0.25) is 0 Å². The zero-order valence-electron chi connectivity index (χ0n) is 18.2. The van der Waals surface area contributed by atoms with Crippen molar-refractivity contribution in [3.63, 3.8) is 0 Å². The summed E-state index contributed by atoms with van der Waals surface area (Å²) in [4.78, 5) is 13.7. The molecule has 1 aliphatic heterocycles. The Labute approximate surface area is 194 Å². The predicted octanol–water partition coefficient (Wildman–Crippen LogP) is 5.95. The molecule has 1 amide bonds. The molecule has 2 aromatic rings. The Hall–Kier alpha value is -1.95. The van der Waals surface area contributed by atoms with Crippen molar-refractivity contribution in [3.8, 4) is 0 Å². The first-order valence-electron chi connectivity index (χ1n) is 10.7. The summed E-state index contributed by atoms with van der Waals surface area (Å²) in [6.07, 6.45) is -0.149. The van der Waals surface area contributed by atoms with E-state index in [0.29, 0.717) is 16.6 Å². The standard InChI is InChI=1S/C24H31Cl2N3O2/c1-24(2,3)22-21(16-9-10-18(25)19(26)15-16)20(11-14-29(22)23(30)31)28-13-12-27-17-7-5-4-6-8-17/h4-10,15,20-22,27-28H,11-14H2,1-3H3,(H,30,31)/t20-,21-,22?/m1/s1. The number of nitrogens with zero attached hydrogens (tertiary/aromatic N) is 1. The van der Waals surface area contributed by atoms with Crippen molar-refractivity contribution in [3.05, 3.63) is 64.1 Å². The quantitative estimate of drug-likeness (QED) is 0.463. The fourth-order valence-corrected chi connectivity index (χ4v) is 4.92. The summed E-state index contributed by atoms with van der Waals surface area (Å²) >= 11 is 12.5. The van der Waals surface area contributed by atoms with E-state index < -0.39 is 6.09 Å². The Morgan fingerprint density at radius 2 is 1.81 bits per heavy atom. The highest BCUT2D eigenvalue weighted by Crippen LogP contribution is 2.43. The van der Waals surface area contributed by atoms with Crippen LogP contribution in [0, 0.1) is 5.41 Å². The first-order chi connectivity index (χ1) is 14.7. The van der Waals surface area contributed by atoms with E-state index in [9.17, 15) is 9.90 Å². The van der Waals surface area contributed by atoms with Crippen LogP contribution in [0.1, 0.15) is 38.7 Å². The molecular formula is C24H31Cl2N3O2. The van der Waals surface area contributed by atoms with Gasteiger partial charge in [0.25, 0.3) is 0 Å².